The largest absolute Gasteiger partial charge is 0.481 e. The van der Waals surface area contributed by atoms with Crippen molar-refractivity contribution in [1.29, 1.82) is 0 Å². The summed E-state index contributed by atoms with van der Waals surface area (Å²) in [4.78, 5) is 25.1. The number of rotatable bonds is 6. The van der Waals surface area contributed by atoms with Gasteiger partial charge in [-0.25, -0.2) is 4.79 Å². The van der Waals surface area contributed by atoms with Gasteiger partial charge < -0.3 is 20.1 Å². The van der Waals surface area contributed by atoms with Crippen molar-refractivity contribution in [3.05, 3.63) is 0 Å². The van der Waals surface area contributed by atoms with Gasteiger partial charge in [-0.2, -0.15) is 0 Å². The number of nitrogens with zero attached hydrogens (tertiary/aromatic N) is 1. The van der Waals surface area contributed by atoms with E-state index in [-0.39, 0.29) is 11.9 Å². The molecular weight excluding hydrogens is 260 g/mol. The Morgan fingerprint density at radius 2 is 2.15 bits per heavy atom. The lowest BCUT2D eigenvalue weighted by atomic mass is 9.74. The van der Waals surface area contributed by atoms with Gasteiger partial charge in [0.15, 0.2) is 0 Å². The predicted molar refractivity (Wildman–Crippen MR) is 75.6 cm³/mol. The number of piperidine rings is 1. The normalized spacial score (nSPS) is 19.8. The average Bonchev–Trinajstić information content (AvgIpc) is 2.43. The summed E-state index contributed by atoms with van der Waals surface area (Å²) in [6, 6.07) is -0.105. The molecular formula is C14H26N2O4. The Labute approximate surface area is 120 Å². The number of urea groups is 1. The Morgan fingerprint density at radius 1 is 1.45 bits per heavy atom. The van der Waals surface area contributed by atoms with Crippen LogP contribution in [0.15, 0.2) is 0 Å². The molecule has 0 saturated carbocycles. The van der Waals surface area contributed by atoms with Gasteiger partial charge in [-0.1, -0.05) is 0 Å². The van der Waals surface area contributed by atoms with Crippen molar-refractivity contribution in [2.45, 2.75) is 33.1 Å². The molecule has 1 rings (SSSR count). The second kappa shape index (κ2) is 7.47. The molecule has 2 amide bonds. The van der Waals surface area contributed by atoms with Crippen LogP contribution in [-0.2, 0) is 9.53 Å². The zero-order chi connectivity index (χ0) is 15.2. The van der Waals surface area contributed by atoms with E-state index in [0.29, 0.717) is 26.2 Å². The van der Waals surface area contributed by atoms with Crippen LogP contribution in [0.5, 0.6) is 0 Å². The number of carbonyl (C=O) groups excluding carboxylic acids is 1. The topological polar surface area (TPSA) is 78.9 Å². The lowest BCUT2D eigenvalue weighted by molar-refractivity contribution is -0.151. The molecule has 1 unspecified atom stereocenters. The fourth-order valence-corrected chi connectivity index (χ4v) is 2.45. The molecule has 0 bridgehead atoms. The Kier molecular flexibility index (Phi) is 6.26. The number of likely N-dealkylation sites (tertiary alicyclic amines) is 1. The zero-order valence-corrected chi connectivity index (χ0v) is 12.6. The number of nitrogens with one attached hydrogen (secondary N) is 1. The number of hydrogen-bond donors (Lipinski definition) is 2. The molecule has 116 valence electrons. The molecule has 0 spiro atoms. The van der Waals surface area contributed by atoms with Crippen molar-refractivity contribution >= 4 is 12.0 Å². The van der Waals surface area contributed by atoms with Crippen molar-refractivity contribution in [3.63, 3.8) is 0 Å². The molecule has 1 heterocycles. The molecule has 6 heteroatoms. The summed E-state index contributed by atoms with van der Waals surface area (Å²) in [6.45, 7) is 5.88. The highest BCUT2D eigenvalue weighted by Gasteiger charge is 2.39. The third-order valence-electron chi connectivity index (χ3n) is 4.08. The van der Waals surface area contributed by atoms with Crippen LogP contribution in [0.1, 0.15) is 33.1 Å². The lowest BCUT2D eigenvalue weighted by Crippen LogP contribution is -2.50. The summed E-state index contributed by atoms with van der Waals surface area (Å²) in [5.74, 6) is -0.802. The van der Waals surface area contributed by atoms with Gasteiger partial charge in [-0.3, -0.25) is 4.79 Å². The Morgan fingerprint density at radius 3 is 2.75 bits per heavy atom. The fourth-order valence-electron chi connectivity index (χ4n) is 2.45. The summed E-state index contributed by atoms with van der Waals surface area (Å²) in [5.41, 5.74) is -0.797. The van der Waals surface area contributed by atoms with E-state index < -0.39 is 11.4 Å². The predicted octanol–water partition coefficient (Wildman–Crippen LogP) is 1.56. The molecule has 0 aliphatic carbocycles. The SMILES string of the molecule is COCCCNC(=O)N1CCCC(C(C)(C)C(=O)O)C1. The quantitative estimate of drug-likeness (QED) is 0.726. The molecule has 1 aliphatic rings. The summed E-state index contributed by atoms with van der Waals surface area (Å²) >= 11 is 0. The van der Waals surface area contributed by atoms with E-state index in [2.05, 4.69) is 5.32 Å². The van der Waals surface area contributed by atoms with E-state index in [9.17, 15) is 14.7 Å². The summed E-state index contributed by atoms with van der Waals surface area (Å²) in [6.07, 6.45) is 2.49. The number of ether oxygens (including phenoxy) is 1. The van der Waals surface area contributed by atoms with Crippen molar-refractivity contribution in [3.8, 4) is 0 Å². The third kappa shape index (κ3) is 4.37. The molecule has 20 heavy (non-hydrogen) atoms. The monoisotopic (exact) mass is 286 g/mol. The minimum Gasteiger partial charge on any atom is -0.481 e. The molecule has 6 nitrogen and oxygen atoms in total. The van der Waals surface area contributed by atoms with Gasteiger partial charge in [-0.15, -0.1) is 0 Å². The van der Waals surface area contributed by atoms with Crippen LogP contribution in [0.25, 0.3) is 0 Å². The first-order valence-corrected chi connectivity index (χ1v) is 7.14. The van der Waals surface area contributed by atoms with Gasteiger partial charge in [0.1, 0.15) is 0 Å². The van der Waals surface area contributed by atoms with Crippen LogP contribution in [0.3, 0.4) is 0 Å². The minimum atomic E-state index is -0.801. The van der Waals surface area contributed by atoms with Crippen molar-refractivity contribution < 1.29 is 19.4 Å². The lowest BCUT2D eigenvalue weighted by Gasteiger charge is -2.39. The highest BCUT2D eigenvalue weighted by Crippen LogP contribution is 2.34. The van der Waals surface area contributed by atoms with Gasteiger partial charge in [0, 0.05) is 33.4 Å². The number of hydrogen-bond acceptors (Lipinski definition) is 3. The van der Waals surface area contributed by atoms with E-state index in [1.54, 1.807) is 25.9 Å². The van der Waals surface area contributed by atoms with Crippen molar-refractivity contribution in [2.75, 3.05) is 33.4 Å². The summed E-state index contributed by atoms with van der Waals surface area (Å²) in [7, 11) is 1.63. The molecule has 0 aromatic heterocycles. The number of carbonyl (C=O) groups is 2. The maximum absolute atomic E-state index is 12.0. The summed E-state index contributed by atoms with van der Waals surface area (Å²) in [5, 5.41) is 12.1. The minimum absolute atomic E-state index is 0.00141. The van der Waals surface area contributed by atoms with Crippen molar-refractivity contribution in [1.82, 2.24) is 10.2 Å². The van der Waals surface area contributed by atoms with Crippen LogP contribution in [0.4, 0.5) is 4.79 Å². The van der Waals surface area contributed by atoms with Gasteiger partial charge >= 0.3 is 12.0 Å². The average molecular weight is 286 g/mol. The molecule has 0 radical (unpaired) electrons. The number of amides is 2. The molecule has 0 aromatic carbocycles. The van der Waals surface area contributed by atoms with E-state index in [0.717, 1.165) is 19.3 Å². The van der Waals surface area contributed by atoms with Crippen LogP contribution in [0.2, 0.25) is 0 Å². The first-order valence-electron chi connectivity index (χ1n) is 7.14. The van der Waals surface area contributed by atoms with Crippen LogP contribution < -0.4 is 5.32 Å². The number of aliphatic carboxylic acids is 1. The van der Waals surface area contributed by atoms with Crippen LogP contribution in [-0.4, -0.2) is 55.4 Å². The third-order valence-corrected chi connectivity index (χ3v) is 4.08. The standard InChI is InChI=1S/C14H26N2O4/c1-14(2,12(17)18)11-6-4-8-16(10-11)13(19)15-7-5-9-20-3/h11H,4-10H2,1-3H3,(H,15,19)(H,17,18). The maximum Gasteiger partial charge on any atom is 0.317 e. The number of methoxy groups -OCH3 is 1. The van der Waals surface area contributed by atoms with Gasteiger partial charge in [-0.05, 0) is 39.0 Å². The van der Waals surface area contributed by atoms with Crippen LogP contribution >= 0.6 is 0 Å². The van der Waals surface area contributed by atoms with Gasteiger partial charge in [0.25, 0.3) is 0 Å². The summed E-state index contributed by atoms with van der Waals surface area (Å²) < 4.78 is 4.93. The fraction of sp³-hybridized carbons (Fsp3) is 0.857. The first kappa shape index (κ1) is 16.8. The second-order valence-corrected chi connectivity index (χ2v) is 5.89. The number of carboxylic acid groups (broad SMARTS) is 1. The van der Waals surface area contributed by atoms with Gasteiger partial charge in [0.2, 0.25) is 0 Å². The second-order valence-electron chi connectivity index (χ2n) is 5.89. The molecule has 2 N–H and O–H groups in total. The Bertz CT molecular complexity index is 344. The molecule has 1 atom stereocenters. The van der Waals surface area contributed by atoms with E-state index in [1.165, 1.54) is 0 Å². The van der Waals surface area contributed by atoms with Crippen molar-refractivity contribution in [2.24, 2.45) is 11.3 Å². The smallest absolute Gasteiger partial charge is 0.317 e. The maximum atomic E-state index is 12.0. The molecule has 1 aliphatic heterocycles. The molecule has 1 saturated heterocycles. The molecule has 1 fully saturated rings. The Hall–Kier alpha value is -1.30. The van der Waals surface area contributed by atoms with Crippen LogP contribution in [0, 0.1) is 11.3 Å². The van der Waals surface area contributed by atoms with Gasteiger partial charge in [0.05, 0.1) is 5.41 Å². The Balaban J connectivity index is 2.48. The first-order chi connectivity index (χ1) is 9.39. The van der Waals surface area contributed by atoms with E-state index in [1.807, 2.05) is 0 Å². The van der Waals surface area contributed by atoms with E-state index >= 15 is 0 Å². The zero-order valence-electron chi connectivity index (χ0n) is 12.6. The molecule has 0 aromatic rings. The highest BCUT2D eigenvalue weighted by molar-refractivity contribution is 5.76. The number of carboxylic acids is 1. The van der Waals surface area contributed by atoms with E-state index in [4.69, 9.17) is 4.74 Å². The highest BCUT2D eigenvalue weighted by atomic mass is 16.5.